The highest BCUT2D eigenvalue weighted by Crippen LogP contribution is 2.34. The van der Waals surface area contributed by atoms with Crippen LogP contribution < -0.4 is 10.2 Å². The van der Waals surface area contributed by atoms with Gasteiger partial charge < -0.3 is 5.11 Å². The Labute approximate surface area is 115 Å². The third-order valence-electron chi connectivity index (χ3n) is 3.25. The molecule has 1 saturated heterocycles. The van der Waals surface area contributed by atoms with E-state index in [0.717, 1.165) is 4.90 Å². The first-order chi connectivity index (χ1) is 9.64. The summed E-state index contributed by atoms with van der Waals surface area (Å²) < 4.78 is 0. The third kappa shape index (κ3) is 1.68. The number of hydrogen-bond donors (Lipinski definition) is 2. The molecule has 0 radical (unpaired) electrons. The van der Waals surface area contributed by atoms with Gasteiger partial charge in [-0.15, -0.1) is 0 Å². The zero-order valence-corrected chi connectivity index (χ0v) is 10.5. The molecular weight excluding hydrogens is 256 g/mol. The maximum atomic E-state index is 12.1. The lowest BCUT2D eigenvalue weighted by molar-refractivity contribution is -0.135. The topological polar surface area (TPSA) is 69.6 Å². The van der Waals surface area contributed by atoms with Crippen LogP contribution in [0, 0.1) is 0 Å². The maximum Gasteiger partial charge on any atom is 0.331 e. The molecule has 1 fully saturated rings. The Morgan fingerprint density at radius 3 is 2.05 bits per heavy atom. The molecule has 1 atom stereocenters. The summed E-state index contributed by atoms with van der Waals surface area (Å²) in [5, 5.41) is 13.0. The number of para-hydroxylation sites is 1. The molecule has 3 rings (SSSR count). The van der Waals surface area contributed by atoms with E-state index >= 15 is 0 Å². The average Bonchev–Trinajstić information content (AvgIpc) is 2.72. The quantitative estimate of drug-likeness (QED) is 0.813. The van der Waals surface area contributed by atoms with E-state index in [9.17, 15) is 14.7 Å². The van der Waals surface area contributed by atoms with E-state index in [1.54, 1.807) is 60.7 Å². The minimum Gasteiger partial charge on any atom is -0.359 e. The minimum absolute atomic E-state index is 0.340. The highest BCUT2D eigenvalue weighted by molar-refractivity contribution is 6.16. The lowest BCUT2D eigenvalue weighted by Gasteiger charge is -2.30. The van der Waals surface area contributed by atoms with Gasteiger partial charge in [0.1, 0.15) is 0 Å². The molecule has 100 valence electrons. The molecule has 20 heavy (non-hydrogen) atoms. The monoisotopic (exact) mass is 268 g/mol. The molecule has 1 unspecified atom stereocenters. The molecule has 1 heterocycles. The molecule has 2 aromatic carbocycles. The number of imide groups is 1. The Kier molecular flexibility index (Phi) is 2.76. The molecule has 0 bridgehead atoms. The molecule has 3 amide bonds. The summed E-state index contributed by atoms with van der Waals surface area (Å²) in [7, 11) is 0. The van der Waals surface area contributed by atoms with Gasteiger partial charge in [-0.1, -0.05) is 48.5 Å². The van der Waals surface area contributed by atoms with Crippen molar-refractivity contribution in [1.82, 2.24) is 5.32 Å². The third-order valence-corrected chi connectivity index (χ3v) is 3.25. The van der Waals surface area contributed by atoms with Crippen LogP contribution >= 0.6 is 0 Å². The van der Waals surface area contributed by atoms with Crippen LogP contribution in [0.5, 0.6) is 0 Å². The number of urea groups is 1. The molecule has 0 aliphatic carbocycles. The highest BCUT2D eigenvalue weighted by atomic mass is 16.3. The summed E-state index contributed by atoms with van der Waals surface area (Å²) in [4.78, 5) is 25.1. The van der Waals surface area contributed by atoms with E-state index in [2.05, 4.69) is 5.32 Å². The second-order valence-corrected chi connectivity index (χ2v) is 4.47. The second kappa shape index (κ2) is 4.47. The SMILES string of the molecule is O=C1NC(=O)C(O)(c2ccccc2)N1c1ccccc1. The Bertz CT molecular complexity index is 657. The number of carbonyl (C=O) groups is 2. The van der Waals surface area contributed by atoms with Gasteiger partial charge in [-0.2, -0.15) is 0 Å². The van der Waals surface area contributed by atoms with Crippen LogP contribution in [0.15, 0.2) is 60.7 Å². The van der Waals surface area contributed by atoms with Crippen LogP contribution in [0.1, 0.15) is 5.56 Å². The molecule has 1 aliphatic heterocycles. The van der Waals surface area contributed by atoms with Crippen molar-refractivity contribution in [3.63, 3.8) is 0 Å². The molecule has 1 aliphatic rings. The summed E-state index contributed by atoms with van der Waals surface area (Å²) in [5.41, 5.74) is -1.24. The van der Waals surface area contributed by atoms with Crippen molar-refractivity contribution < 1.29 is 14.7 Å². The van der Waals surface area contributed by atoms with E-state index in [-0.39, 0.29) is 0 Å². The molecule has 5 nitrogen and oxygen atoms in total. The van der Waals surface area contributed by atoms with Crippen LogP contribution in [-0.2, 0) is 10.5 Å². The first kappa shape index (κ1) is 12.4. The minimum atomic E-state index is -2.03. The standard InChI is InChI=1S/C15H12N2O3/c18-13-15(20,11-7-3-1-4-8-11)17(14(19)16-13)12-9-5-2-6-10-12/h1-10,20H,(H,16,18,19). The van der Waals surface area contributed by atoms with E-state index in [1.165, 1.54) is 0 Å². The molecule has 0 saturated carbocycles. The smallest absolute Gasteiger partial charge is 0.331 e. The van der Waals surface area contributed by atoms with E-state index in [4.69, 9.17) is 0 Å². The van der Waals surface area contributed by atoms with Gasteiger partial charge in [0.2, 0.25) is 0 Å². The number of benzene rings is 2. The van der Waals surface area contributed by atoms with Crippen molar-refractivity contribution in [2.45, 2.75) is 5.72 Å². The van der Waals surface area contributed by atoms with Crippen LogP contribution in [0.3, 0.4) is 0 Å². The Morgan fingerprint density at radius 1 is 0.900 bits per heavy atom. The van der Waals surface area contributed by atoms with E-state index in [1.807, 2.05) is 0 Å². The number of aliphatic hydroxyl groups is 1. The average molecular weight is 268 g/mol. The van der Waals surface area contributed by atoms with Crippen LogP contribution in [0.25, 0.3) is 0 Å². The van der Waals surface area contributed by atoms with Crippen molar-refractivity contribution in [2.75, 3.05) is 4.90 Å². The molecule has 2 aromatic rings. The van der Waals surface area contributed by atoms with Gasteiger partial charge >= 0.3 is 6.03 Å². The number of anilines is 1. The van der Waals surface area contributed by atoms with Crippen LogP contribution in [0.4, 0.5) is 10.5 Å². The lowest BCUT2D eigenvalue weighted by Crippen LogP contribution is -2.47. The molecule has 0 aromatic heterocycles. The zero-order chi connectivity index (χ0) is 14.2. The lowest BCUT2D eigenvalue weighted by atomic mass is 10.0. The number of hydrogen-bond acceptors (Lipinski definition) is 3. The summed E-state index contributed by atoms with van der Waals surface area (Å²) in [6.07, 6.45) is 0. The number of nitrogens with zero attached hydrogens (tertiary/aromatic N) is 1. The molecule has 2 N–H and O–H groups in total. The molecular formula is C15H12N2O3. The summed E-state index contributed by atoms with van der Waals surface area (Å²) in [6, 6.07) is 16.3. The van der Waals surface area contributed by atoms with Crippen molar-refractivity contribution >= 4 is 17.6 Å². The molecule has 0 spiro atoms. The van der Waals surface area contributed by atoms with Gasteiger partial charge in [-0.25, -0.2) is 4.79 Å². The predicted molar refractivity (Wildman–Crippen MR) is 72.8 cm³/mol. The zero-order valence-electron chi connectivity index (χ0n) is 10.5. The van der Waals surface area contributed by atoms with Crippen molar-refractivity contribution in [3.8, 4) is 0 Å². The second-order valence-electron chi connectivity index (χ2n) is 4.47. The summed E-state index contributed by atoms with van der Waals surface area (Å²) >= 11 is 0. The Hall–Kier alpha value is -2.66. The first-order valence-electron chi connectivity index (χ1n) is 6.12. The fourth-order valence-corrected chi connectivity index (χ4v) is 2.30. The fraction of sp³-hybridized carbons (Fsp3) is 0.0667. The van der Waals surface area contributed by atoms with Crippen molar-refractivity contribution in [2.24, 2.45) is 0 Å². The van der Waals surface area contributed by atoms with E-state index in [0.29, 0.717) is 11.3 Å². The predicted octanol–water partition coefficient (Wildman–Crippen LogP) is 1.59. The van der Waals surface area contributed by atoms with Gasteiger partial charge in [0.05, 0.1) is 0 Å². The largest absolute Gasteiger partial charge is 0.359 e. The van der Waals surface area contributed by atoms with Crippen LogP contribution in [-0.4, -0.2) is 17.0 Å². The Morgan fingerprint density at radius 2 is 1.45 bits per heavy atom. The van der Waals surface area contributed by atoms with Gasteiger partial charge in [-0.3, -0.25) is 15.0 Å². The summed E-state index contributed by atoms with van der Waals surface area (Å²) in [5.74, 6) is -0.752. The normalized spacial score (nSPS) is 21.9. The first-order valence-corrected chi connectivity index (χ1v) is 6.12. The highest BCUT2D eigenvalue weighted by Gasteiger charge is 2.53. The van der Waals surface area contributed by atoms with Crippen molar-refractivity contribution in [3.05, 3.63) is 66.2 Å². The maximum absolute atomic E-state index is 12.1. The number of rotatable bonds is 2. The van der Waals surface area contributed by atoms with Crippen molar-refractivity contribution in [1.29, 1.82) is 0 Å². The van der Waals surface area contributed by atoms with Gasteiger partial charge in [0.25, 0.3) is 11.6 Å². The van der Waals surface area contributed by atoms with E-state index < -0.39 is 17.7 Å². The summed E-state index contributed by atoms with van der Waals surface area (Å²) in [6.45, 7) is 0. The number of nitrogens with one attached hydrogen (secondary N) is 1. The molecule has 5 heteroatoms. The van der Waals surface area contributed by atoms with Crippen LogP contribution in [0.2, 0.25) is 0 Å². The Balaban J connectivity index is 2.16. The van der Waals surface area contributed by atoms with Gasteiger partial charge in [0, 0.05) is 11.3 Å². The van der Waals surface area contributed by atoms with Gasteiger partial charge in [0.15, 0.2) is 0 Å². The number of amides is 3. The number of carbonyl (C=O) groups excluding carboxylic acids is 2. The fourth-order valence-electron chi connectivity index (χ4n) is 2.30. The van der Waals surface area contributed by atoms with Gasteiger partial charge in [-0.05, 0) is 12.1 Å².